The van der Waals surface area contributed by atoms with Gasteiger partial charge in [0, 0.05) is 6.20 Å². The molecule has 0 amide bonds. The lowest BCUT2D eigenvalue weighted by Crippen LogP contribution is -2.32. The number of nitrogens with zero attached hydrogens (tertiary/aromatic N) is 2. The van der Waals surface area contributed by atoms with Crippen molar-refractivity contribution < 1.29 is 9.53 Å². The van der Waals surface area contributed by atoms with Gasteiger partial charge in [-0.1, -0.05) is 13.8 Å². The summed E-state index contributed by atoms with van der Waals surface area (Å²) in [6, 6.07) is 1.37. The van der Waals surface area contributed by atoms with Crippen LogP contribution in [-0.2, 0) is 9.53 Å². The molecule has 94 valence electrons. The van der Waals surface area contributed by atoms with E-state index in [0.29, 0.717) is 24.0 Å². The fourth-order valence-corrected chi connectivity index (χ4v) is 1.54. The number of anilines is 1. The predicted octanol–water partition coefficient (Wildman–Crippen LogP) is 1.78. The Bertz CT molecular complexity index is 380. The fraction of sp³-hybridized carbons (Fsp3) is 0.583. The zero-order valence-electron chi connectivity index (χ0n) is 10.7. The molecule has 1 heterocycles. The van der Waals surface area contributed by atoms with Crippen molar-refractivity contribution >= 4 is 11.8 Å². The van der Waals surface area contributed by atoms with Crippen LogP contribution in [0.5, 0.6) is 0 Å². The molecular weight excluding hydrogens is 218 g/mol. The molecule has 17 heavy (non-hydrogen) atoms. The number of rotatable bonds is 5. The first kappa shape index (κ1) is 13.4. The van der Waals surface area contributed by atoms with E-state index in [4.69, 9.17) is 4.74 Å². The molecule has 1 atom stereocenters. The van der Waals surface area contributed by atoms with Crippen LogP contribution in [-0.4, -0.2) is 29.1 Å². The first-order valence-corrected chi connectivity index (χ1v) is 5.67. The highest BCUT2D eigenvalue weighted by Crippen LogP contribution is 2.12. The summed E-state index contributed by atoms with van der Waals surface area (Å²) < 4.78 is 4.77. The van der Waals surface area contributed by atoms with Crippen LogP contribution in [0.25, 0.3) is 0 Å². The summed E-state index contributed by atoms with van der Waals surface area (Å²) in [5.41, 5.74) is 0. The normalized spacial score (nSPS) is 12.3. The minimum atomic E-state index is -0.366. The van der Waals surface area contributed by atoms with Crippen molar-refractivity contribution in [2.24, 2.45) is 5.92 Å². The Hall–Kier alpha value is -1.65. The molecule has 0 aliphatic rings. The van der Waals surface area contributed by atoms with Gasteiger partial charge in [-0.15, -0.1) is 0 Å². The first-order valence-electron chi connectivity index (χ1n) is 5.67. The Kier molecular flexibility index (Phi) is 4.87. The smallest absolute Gasteiger partial charge is 0.328 e. The lowest BCUT2D eigenvalue weighted by Gasteiger charge is -2.18. The summed E-state index contributed by atoms with van der Waals surface area (Å²) in [4.78, 5) is 19.8. The van der Waals surface area contributed by atoms with Gasteiger partial charge in [0.05, 0.1) is 7.11 Å². The summed E-state index contributed by atoms with van der Waals surface area (Å²) in [5, 5.41) is 3.08. The molecule has 1 aromatic rings. The SMILES string of the molecule is COC(=O)C(CC(C)C)Nc1ccnc(C)n1. The minimum Gasteiger partial charge on any atom is -0.467 e. The first-order chi connectivity index (χ1) is 8.02. The number of hydrogen-bond donors (Lipinski definition) is 1. The topological polar surface area (TPSA) is 64.1 Å². The molecule has 0 bridgehead atoms. The van der Waals surface area contributed by atoms with E-state index in [1.54, 1.807) is 19.2 Å². The van der Waals surface area contributed by atoms with Crippen LogP contribution >= 0.6 is 0 Å². The maximum atomic E-state index is 11.6. The highest BCUT2D eigenvalue weighted by Gasteiger charge is 2.20. The van der Waals surface area contributed by atoms with E-state index in [1.807, 2.05) is 0 Å². The molecule has 1 unspecified atom stereocenters. The molecule has 5 nitrogen and oxygen atoms in total. The number of nitrogens with one attached hydrogen (secondary N) is 1. The molecule has 1 N–H and O–H groups in total. The van der Waals surface area contributed by atoms with E-state index in [1.165, 1.54) is 7.11 Å². The highest BCUT2D eigenvalue weighted by molar-refractivity contribution is 5.78. The van der Waals surface area contributed by atoms with Gasteiger partial charge in [-0.05, 0) is 25.3 Å². The molecule has 5 heteroatoms. The maximum Gasteiger partial charge on any atom is 0.328 e. The molecule has 0 spiro atoms. The maximum absolute atomic E-state index is 11.6. The second kappa shape index (κ2) is 6.18. The third-order valence-electron chi connectivity index (χ3n) is 2.29. The fourth-order valence-electron chi connectivity index (χ4n) is 1.54. The Morgan fingerprint density at radius 2 is 2.24 bits per heavy atom. The number of methoxy groups -OCH3 is 1. The monoisotopic (exact) mass is 237 g/mol. The molecule has 0 aliphatic carbocycles. The Morgan fingerprint density at radius 1 is 1.53 bits per heavy atom. The number of esters is 1. The lowest BCUT2D eigenvalue weighted by molar-refractivity contribution is -0.141. The Balaban J connectivity index is 2.75. The molecule has 0 aliphatic heterocycles. The van der Waals surface area contributed by atoms with Gasteiger partial charge in [0.1, 0.15) is 17.7 Å². The number of hydrogen-bond acceptors (Lipinski definition) is 5. The molecular formula is C12H19N3O2. The van der Waals surface area contributed by atoms with Crippen LogP contribution in [0, 0.1) is 12.8 Å². The second-order valence-electron chi connectivity index (χ2n) is 4.34. The molecule has 1 aromatic heterocycles. The molecule has 1 rings (SSSR count). The standard InChI is InChI=1S/C12H19N3O2/c1-8(2)7-10(12(16)17-4)15-11-5-6-13-9(3)14-11/h5-6,8,10H,7H2,1-4H3,(H,13,14,15). The number of carbonyl (C=O) groups is 1. The summed E-state index contributed by atoms with van der Waals surface area (Å²) in [7, 11) is 1.39. The summed E-state index contributed by atoms with van der Waals surface area (Å²) in [6.07, 6.45) is 2.37. The van der Waals surface area contributed by atoms with E-state index < -0.39 is 0 Å². The van der Waals surface area contributed by atoms with Crippen LogP contribution in [0.2, 0.25) is 0 Å². The molecule has 0 aromatic carbocycles. The largest absolute Gasteiger partial charge is 0.467 e. The van der Waals surface area contributed by atoms with Gasteiger partial charge in [0.2, 0.25) is 0 Å². The van der Waals surface area contributed by atoms with Gasteiger partial charge in [0.15, 0.2) is 0 Å². The van der Waals surface area contributed by atoms with E-state index in [-0.39, 0.29) is 12.0 Å². The van der Waals surface area contributed by atoms with Crippen molar-refractivity contribution in [3.63, 3.8) is 0 Å². The van der Waals surface area contributed by atoms with E-state index >= 15 is 0 Å². The average Bonchev–Trinajstić information content (AvgIpc) is 2.26. The molecule has 0 fully saturated rings. The van der Waals surface area contributed by atoms with Crippen molar-refractivity contribution in [2.75, 3.05) is 12.4 Å². The summed E-state index contributed by atoms with van der Waals surface area (Å²) >= 11 is 0. The minimum absolute atomic E-state index is 0.269. The van der Waals surface area contributed by atoms with Crippen LogP contribution < -0.4 is 5.32 Å². The number of ether oxygens (including phenoxy) is 1. The quantitative estimate of drug-likeness (QED) is 0.791. The van der Waals surface area contributed by atoms with Crippen molar-refractivity contribution in [3.8, 4) is 0 Å². The van der Waals surface area contributed by atoms with Crippen LogP contribution in [0.4, 0.5) is 5.82 Å². The van der Waals surface area contributed by atoms with Gasteiger partial charge in [-0.3, -0.25) is 0 Å². The van der Waals surface area contributed by atoms with Gasteiger partial charge in [0.25, 0.3) is 0 Å². The summed E-state index contributed by atoms with van der Waals surface area (Å²) in [5.74, 6) is 1.45. The predicted molar refractivity (Wildman–Crippen MR) is 65.7 cm³/mol. The van der Waals surface area contributed by atoms with E-state index in [9.17, 15) is 4.79 Å². The third-order valence-corrected chi connectivity index (χ3v) is 2.29. The zero-order valence-corrected chi connectivity index (χ0v) is 10.7. The molecule has 0 saturated carbocycles. The van der Waals surface area contributed by atoms with Crippen molar-refractivity contribution in [1.29, 1.82) is 0 Å². The van der Waals surface area contributed by atoms with Crippen LogP contribution in [0.15, 0.2) is 12.3 Å². The highest BCUT2D eigenvalue weighted by atomic mass is 16.5. The van der Waals surface area contributed by atoms with Crippen LogP contribution in [0.1, 0.15) is 26.1 Å². The van der Waals surface area contributed by atoms with E-state index in [2.05, 4.69) is 29.1 Å². The van der Waals surface area contributed by atoms with Gasteiger partial charge in [-0.25, -0.2) is 14.8 Å². The van der Waals surface area contributed by atoms with Crippen molar-refractivity contribution in [1.82, 2.24) is 9.97 Å². The number of aryl methyl sites for hydroxylation is 1. The molecule has 0 radical (unpaired) electrons. The van der Waals surface area contributed by atoms with E-state index in [0.717, 1.165) is 0 Å². The van der Waals surface area contributed by atoms with Crippen molar-refractivity contribution in [3.05, 3.63) is 18.1 Å². The third kappa shape index (κ3) is 4.38. The zero-order chi connectivity index (χ0) is 12.8. The Morgan fingerprint density at radius 3 is 2.76 bits per heavy atom. The van der Waals surface area contributed by atoms with Gasteiger partial charge < -0.3 is 10.1 Å². The Labute approximate surface area is 102 Å². The van der Waals surface area contributed by atoms with Crippen molar-refractivity contribution in [2.45, 2.75) is 33.2 Å². The second-order valence-corrected chi connectivity index (χ2v) is 4.34. The number of carbonyl (C=O) groups excluding carboxylic acids is 1. The van der Waals surface area contributed by atoms with Gasteiger partial charge in [-0.2, -0.15) is 0 Å². The molecule has 0 saturated heterocycles. The summed E-state index contributed by atoms with van der Waals surface area (Å²) in [6.45, 7) is 5.92. The average molecular weight is 237 g/mol. The van der Waals surface area contributed by atoms with Crippen LogP contribution in [0.3, 0.4) is 0 Å². The number of aromatic nitrogens is 2. The van der Waals surface area contributed by atoms with Gasteiger partial charge >= 0.3 is 5.97 Å². The lowest BCUT2D eigenvalue weighted by atomic mass is 10.0.